The lowest BCUT2D eigenvalue weighted by atomic mass is 9.94. The fourth-order valence-electron chi connectivity index (χ4n) is 2.20. The molecule has 0 aromatic heterocycles. The Hall–Kier alpha value is -0.0800. The second-order valence-electron chi connectivity index (χ2n) is 4.39. The van der Waals surface area contributed by atoms with Gasteiger partial charge in [0.2, 0.25) is 0 Å². The van der Waals surface area contributed by atoms with Gasteiger partial charge in [0, 0.05) is 13.7 Å². The molecule has 1 aliphatic rings. The molecule has 1 heterocycles. The number of methoxy groups -OCH3 is 1. The minimum absolute atomic E-state index is 0.922. The van der Waals surface area contributed by atoms with Crippen molar-refractivity contribution in [1.29, 1.82) is 0 Å². The molecule has 1 rings (SSSR count). The fraction of sp³-hybridized carbons (Fsp3) is 1.00. The standard InChI is InChI=1S/C12H25NO/c1-3-12-6-9-13(10-7-12)8-4-5-11-14-2/h12H,3-11H2,1-2H3. The van der Waals surface area contributed by atoms with Gasteiger partial charge >= 0.3 is 0 Å². The Morgan fingerprint density at radius 2 is 1.93 bits per heavy atom. The second kappa shape index (κ2) is 7.24. The third-order valence-corrected chi connectivity index (χ3v) is 3.36. The lowest BCUT2D eigenvalue weighted by molar-refractivity contribution is 0.161. The lowest BCUT2D eigenvalue weighted by Gasteiger charge is -2.31. The van der Waals surface area contributed by atoms with E-state index in [-0.39, 0.29) is 0 Å². The molecule has 0 aromatic rings. The fourth-order valence-corrected chi connectivity index (χ4v) is 2.20. The Morgan fingerprint density at radius 1 is 1.21 bits per heavy atom. The summed E-state index contributed by atoms with van der Waals surface area (Å²) < 4.78 is 5.05. The Bertz CT molecular complexity index is 130. The van der Waals surface area contributed by atoms with Crippen molar-refractivity contribution in [2.75, 3.05) is 33.4 Å². The molecule has 0 unspecified atom stereocenters. The van der Waals surface area contributed by atoms with Crippen LogP contribution in [0.1, 0.15) is 39.0 Å². The van der Waals surface area contributed by atoms with Crippen LogP contribution in [0.2, 0.25) is 0 Å². The number of piperidine rings is 1. The van der Waals surface area contributed by atoms with Crippen LogP contribution in [0.15, 0.2) is 0 Å². The Morgan fingerprint density at radius 3 is 2.50 bits per heavy atom. The van der Waals surface area contributed by atoms with Gasteiger partial charge in [0.25, 0.3) is 0 Å². The van der Waals surface area contributed by atoms with Crippen LogP contribution >= 0.6 is 0 Å². The van der Waals surface area contributed by atoms with Crippen LogP contribution in [0.4, 0.5) is 0 Å². The van der Waals surface area contributed by atoms with Crippen LogP contribution in [0, 0.1) is 5.92 Å². The predicted molar refractivity (Wildman–Crippen MR) is 60.6 cm³/mol. The molecule has 84 valence electrons. The van der Waals surface area contributed by atoms with E-state index in [4.69, 9.17) is 4.74 Å². The molecule has 0 amide bonds. The van der Waals surface area contributed by atoms with Gasteiger partial charge in [-0.05, 0) is 51.2 Å². The average Bonchev–Trinajstić information content (AvgIpc) is 2.25. The molecule has 0 saturated carbocycles. The molecule has 2 nitrogen and oxygen atoms in total. The van der Waals surface area contributed by atoms with Gasteiger partial charge in [-0.15, -0.1) is 0 Å². The molecular formula is C12H25NO. The van der Waals surface area contributed by atoms with E-state index in [1.54, 1.807) is 7.11 Å². The topological polar surface area (TPSA) is 12.5 Å². The third-order valence-electron chi connectivity index (χ3n) is 3.36. The number of unbranched alkanes of at least 4 members (excludes halogenated alkanes) is 1. The summed E-state index contributed by atoms with van der Waals surface area (Å²) in [6.45, 7) is 7.17. The zero-order valence-corrected chi connectivity index (χ0v) is 9.80. The van der Waals surface area contributed by atoms with E-state index < -0.39 is 0 Å². The summed E-state index contributed by atoms with van der Waals surface area (Å²) in [5.74, 6) is 1.00. The summed E-state index contributed by atoms with van der Waals surface area (Å²) >= 11 is 0. The van der Waals surface area contributed by atoms with Crippen molar-refractivity contribution in [3.8, 4) is 0 Å². The van der Waals surface area contributed by atoms with Crippen LogP contribution in [0.25, 0.3) is 0 Å². The first-order valence-electron chi connectivity index (χ1n) is 6.08. The first kappa shape index (κ1) is 12.0. The normalized spacial score (nSPS) is 20.1. The van der Waals surface area contributed by atoms with Crippen molar-refractivity contribution < 1.29 is 4.74 Å². The van der Waals surface area contributed by atoms with Crippen LogP contribution < -0.4 is 0 Å². The van der Waals surface area contributed by atoms with Gasteiger partial charge < -0.3 is 9.64 Å². The van der Waals surface area contributed by atoms with Crippen molar-refractivity contribution in [2.45, 2.75) is 39.0 Å². The summed E-state index contributed by atoms with van der Waals surface area (Å²) in [7, 11) is 1.78. The third kappa shape index (κ3) is 4.43. The highest BCUT2D eigenvalue weighted by atomic mass is 16.5. The van der Waals surface area contributed by atoms with Crippen molar-refractivity contribution >= 4 is 0 Å². The van der Waals surface area contributed by atoms with Gasteiger partial charge in [-0.1, -0.05) is 13.3 Å². The summed E-state index contributed by atoms with van der Waals surface area (Å²) in [6.07, 6.45) is 6.72. The minimum atomic E-state index is 0.922. The van der Waals surface area contributed by atoms with Gasteiger partial charge in [0.15, 0.2) is 0 Å². The van der Waals surface area contributed by atoms with Crippen molar-refractivity contribution in [2.24, 2.45) is 5.92 Å². The predicted octanol–water partition coefficient (Wildman–Crippen LogP) is 2.54. The highest BCUT2D eigenvalue weighted by Crippen LogP contribution is 2.19. The molecule has 0 aliphatic carbocycles. The van der Waals surface area contributed by atoms with Crippen LogP contribution in [-0.4, -0.2) is 38.3 Å². The molecule has 0 bridgehead atoms. The maximum atomic E-state index is 5.05. The maximum Gasteiger partial charge on any atom is 0.0462 e. The van der Waals surface area contributed by atoms with E-state index in [0.29, 0.717) is 0 Å². The molecule has 1 fully saturated rings. The number of hydrogen-bond donors (Lipinski definition) is 0. The number of ether oxygens (including phenoxy) is 1. The van der Waals surface area contributed by atoms with Crippen molar-refractivity contribution in [1.82, 2.24) is 4.90 Å². The molecule has 14 heavy (non-hydrogen) atoms. The van der Waals surface area contributed by atoms with Gasteiger partial charge in [0.05, 0.1) is 0 Å². The highest BCUT2D eigenvalue weighted by molar-refractivity contribution is 4.70. The Kier molecular flexibility index (Phi) is 6.20. The van der Waals surface area contributed by atoms with Gasteiger partial charge in [-0.3, -0.25) is 0 Å². The van der Waals surface area contributed by atoms with E-state index >= 15 is 0 Å². The van der Waals surface area contributed by atoms with Crippen molar-refractivity contribution in [3.05, 3.63) is 0 Å². The number of hydrogen-bond acceptors (Lipinski definition) is 2. The first-order chi connectivity index (χ1) is 6.86. The van der Waals surface area contributed by atoms with Crippen LogP contribution in [-0.2, 0) is 4.74 Å². The SMILES string of the molecule is CCC1CCN(CCCCOC)CC1. The molecular weight excluding hydrogens is 174 g/mol. The van der Waals surface area contributed by atoms with Gasteiger partial charge in [-0.25, -0.2) is 0 Å². The van der Waals surface area contributed by atoms with E-state index in [9.17, 15) is 0 Å². The molecule has 0 atom stereocenters. The first-order valence-corrected chi connectivity index (χ1v) is 6.08. The quantitative estimate of drug-likeness (QED) is 0.610. The van der Waals surface area contributed by atoms with Crippen LogP contribution in [0.3, 0.4) is 0 Å². The molecule has 0 N–H and O–H groups in total. The zero-order valence-electron chi connectivity index (χ0n) is 9.80. The van der Waals surface area contributed by atoms with Crippen molar-refractivity contribution in [3.63, 3.8) is 0 Å². The summed E-state index contributed by atoms with van der Waals surface area (Å²) in [5, 5.41) is 0. The number of likely N-dealkylation sites (tertiary alicyclic amines) is 1. The maximum absolute atomic E-state index is 5.05. The monoisotopic (exact) mass is 199 g/mol. The zero-order chi connectivity index (χ0) is 10.2. The molecule has 2 heteroatoms. The Balaban J connectivity index is 1.98. The molecule has 0 radical (unpaired) electrons. The minimum Gasteiger partial charge on any atom is -0.385 e. The molecule has 0 aromatic carbocycles. The molecule has 0 spiro atoms. The largest absolute Gasteiger partial charge is 0.385 e. The van der Waals surface area contributed by atoms with E-state index in [2.05, 4.69) is 11.8 Å². The van der Waals surface area contributed by atoms with Gasteiger partial charge in [0.1, 0.15) is 0 Å². The molecule has 1 saturated heterocycles. The number of nitrogens with zero attached hydrogens (tertiary/aromatic N) is 1. The van der Waals surface area contributed by atoms with Crippen LogP contribution in [0.5, 0.6) is 0 Å². The van der Waals surface area contributed by atoms with E-state index in [1.165, 1.54) is 51.7 Å². The van der Waals surface area contributed by atoms with Gasteiger partial charge in [-0.2, -0.15) is 0 Å². The highest BCUT2D eigenvalue weighted by Gasteiger charge is 2.16. The summed E-state index contributed by atoms with van der Waals surface area (Å²) in [4.78, 5) is 2.61. The smallest absolute Gasteiger partial charge is 0.0462 e. The second-order valence-corrected chi connectivity index (χ2v) is 4.39. The average molecular weight is 199 g/mol. The van der Waals surface area contributed by atoms with E-state index in [0.717, 1.165) is 12.5 Å². The summed E-state index contributed by atoms with van der Waals surface area (Å²) in [5.41, 5.74) is 0. The number of rotatable bonds is 6. The van der Waals surface area contributed by atoms with E-state index in [1.807, 2.05) is 0 Å². The summed E-state index contributed by atoms with van der Waals surface area (Å²) in [6, 6.07) is 0. The lowest BCUT2D eigenvalue weighted by Crippen LogP contribution is -2.34. The Labute approximate surface area is 88.6 Å². The molecule has 1 aliphatic heterocycles.